The number of rotatable bonds is 8. The Morgan fingerprint density at radius 1 is 1.31 bits per heavy atom. The Bertz CT molecular complexity index is 1270. The summed E-state index contributed by atoms with van der Waals surface area (Å²) in [6, 6.07) is 7.43. The smallest absolute Gasteiger partial charge is 0.284 e. The van der Waals surface area contributed by atoms with E-state index in [1.165, 1.54) is 30.6 Å². The number of carbonyl (C=O) groups is 1. The first kappa shape index (κ1) is 24.8. The standard InChI is InChI=1S/C24H24ClF2N5O3/c1-32(2)7-5-19(27)24(33)31-21-10-16-20(11-22(21)35-15-6-8-34-12-15)28-13-29-23(16)30-14-3-4-18(26)17(25)9-14/h3-5,9-11,13,15H,6-8,12H2,1-2H3,(H,31,33)(H,28,29,30)/t15-/m1/s1. The average Bonchev–Trinajstić information content (AvgIpc) is 3.33. The van der Waals surface area contributed by atoms with E-state index in [9.17, 15) is 13.6 Å². The summed E-state index contributed by atoms with van der Waals surface area (Å²) in [5.74, 6) is -1.66. The predicted octanol–water partition coefficient (Wildman–Crippen LogP) is 4.69. The highest BCUT2D eigenvalue weighted by molar-refractivity contribution is 6.31. The zero-order valence-corrected chi connectivity index (χ0v) is 19.9. The van der Waals surface area contributed by atoms with Crippen LogP contribution in [0.25, 0.3) is 10.9 Å². The summed E-state index contributed by atoms with van der Waals surface area (Å²) in [6.07, 6.45) is 3.03. The number of aromatic nitrogens is 2. The van der Waals surface area contributed by atoms with Crippen LogP contribution in [0.15, 0.2) is 48.6 Å². The van der Waals surface area contributed by atoms with Crippen molar-refractivity contribution in [3.8, 4) is 5.75 Å². The van der Waals surface area contributed by atoms with Crippen LogP contribution < -0.4 is 15.4 Å². The van der Waals surface area contributed by atoms with Crippen LogP contribution in [0.1, 0.15) is 6.42 Å². The second-order valence-electron chi connectivity index (χ2n) is 8.21. The molecule has 11 heteroatoms. The van der Waals surface area contributed by atoms with E-state index < -0.39 is 17.6 Å². The van der Waals surface area contributed by atoms with Crippen LogP contribution in [0.3, 0.4) is 0 Å². The summed E-state index contributed by atoms with van der Waals surface area (Å²) in [6.45, 7) is 1.24. The number of nitrogens with one attached hydrogen (secondary N) is 2. The highest BCUT2D eigenvalue weighted by atomic mass is 35.5. The van der Waals surface area contributed by atoms with Gasteiger partial charge in [0.1, 0.15) is 29.8 Å². The van der Waals surface area contributed by atoms with Crippen LogP contribution >= 0.6 is 11.6 Å². The quantitative estimate of drug-likeness (QED) is 0.431. The molecule has 0 unspecified atom stereocenters. The van der Waals surface area contributed by atoms with Crippen LogP contribution in [0.4, 0.5) is 26.0 Å². The molecule has 0 radical (unpaired) electrons. The van der Waals surface area contributed by atoms with Gasteiger partial charge in [0.2, 0.25) is 0 Å². The molecule has 1 aliphatic heterocycles. The monoisotopic (exact) mass is 503 g/mol. The molecule has 1 atom stereocenters. The number of hydrogen-bond acceptors (Lipinski definition) is 7. The fraction of sp³-hybridized carbons (Fsp3) is 0.292. The molecule has 0 spiro atoms. The van der Waals surface area contributed by atoms with Crippen LogP contribution in [-0.4, -0.2) is 60.7 Å². The molecule has 1 fully saturated rings. The van der Waals surface area contributed by atoms with Gasteiger partial charge in [0, 0.05) is 30.1 Å². The van der Waals surface area contributed by atoms with Gasteiger partial charge in [-0.05, 0) is 44.4 Å². The molecular formula is C24H24ClF2N5O3. The van der Waals surface area contributed by atoms with Crippen LogP contribution in [0, 0.1) is 5.82 Å². The van der Waals surface area contributed by atoms with Gasteiger partial charge in [-0.1, -0.05) is 11.6 Å². The first-order valence-corrected chi connectivity index (χ1v) is 11.2. The predicted molar refractivity (Wildman–Crippen MR) is 130 cm³/mol. The maximum atomic E-state index is 14.4. The van der Waals surface area contributed by atoms with E-state index >= 15 is 0 Å². The third-order valence-corrected chi connectivity index (χ3v) is 5.49. The summed E-state index contributed by atoms with van der Waals surface area (Å²) in [5, 5.41) is 6.14. The first-order chi connectivity index (χ1) is 16.8. The second kappa shape index (κ2) is 10.9. The zero-order valence-electron chi connectivity index (χ0n) is 19.1. The Morgan fingerprint density at radius 2 is 2.14 bits per heavy atom. The van der Waals surface area contributed by atoms with Crippen LogP contribution in [0.2, 0.25) is 5.02 Å². The number of fused-ring (bicyclic) bond motifs is 1. The van der Waals surface area contributed by atoms with Crippen LogP contribution in [-0.2, 0) is 9.53 Å². The summed E-state index contributed by atoms with van der Waals surface area (Å²) >= 11 is 5.89. The molecule has 184 valence electrons. The number of carbonyl (C=O) groups excluding carboxylic acids is 1. The molecule has 1 aliphatic rings. The number of amides is 1. The van der Waals surface area contributed by atoms with Crippen molar-refractivity contribution in [3.05, 3.63) is 59.4 Å². The van der Waals surface area contributed by atoms with E-state index in [1.807, 2.05) is 0 Å². The summed E-state index contributed by atoms with van der Waals surface area (Å²) in [7, 11) is 3.53. The largest absolute Gasteiger partial charge is 0.486 e. The lowest BCUT2D eigenvalue weighted by atomic mass is 10.1. The van der Waals surface area contributed by atoms with Gasteiger partial charge in [-0.3, -0.25) is 4.79 Å². The fourth-order valence-corrected chi connectivity index (χ4v) is 3.59. The normalized spacial score (nSPS) is 16.1. The van der Waals surface area contributed by atoms with Crippen molar-refractivity contribution in [3.63, 3.8) is 0 Å². The molecule has 0 saturated carbocycles. The Morgan fingerprint density at radius 3 is 2.86 bits per heavy atom. The zero-order chi connectivity index (χ0) is 24.9. The molecule has 0 aliphatic carbocycles. The number of benzene rings is 2. The van der Waals surface area contributed by atoms with Crippen molar-refractivity contribution in [1.82, 2.24) is 14.9 Å². The summed E-state index contributed by atoms with van der Waals surface area (Å²) in [4.78, 5) is 22.8. The first-order valence-electron chi connectivity index (χ1n) is 10.9. The minimum atomic E-state index is -0.919. The van der Waals surface area contributed by atoms with Gasteiger partial charge in [-0.2, -0.15) is 0 Å². The maximum Gasteiger partial charge on any atom is 0.284 e. The Hall–Kier alpha value is -3.34. The molecule has 2 aromatic carbocycles. The molecule has 1 aromatic heterocycles. The van der Waals surface area contributed by atoms with Gasteiger partial charge in [-0.15, -0.1) is 0 Å². The minimum absolute atomic E-state index is 0.0456. The second-order valence-corrected chi connectivity index (χ2v) is 8.62. The molecular weight excluding hydrogens is 480 g/mol. The highest BCUT2D eigenvalue weighted by Gasteiger charge is 2.22. The van der Waals surface area contributed by atoms with Crippen molar-refractivity contribution >= 4 is 45.6 Å². The summed E-state index contributed by atoms with van der Waals surface area (Å²) < 4.78 is 39.4. The number of likely N-dealkylation sites (N-methyl/N-ethyl adjacent to an activating group) is 1. The topological polar surface area (TPSA) is 88.6 Å². The molecule has 3 aromatic rings. The number of nitrogens with zero attached hydrogens (tertiary/aromatic N) is 3. The Labute approximate surface area is 205 Å². The van der Waals surface area contributed by atoms with Crippen LogP contribution in [0.5, 0.6) is 5.75 Å². The van der Waals surface area contributed by atoms with E-state index in [1.54, 1.807) is 31.1 Å². The SMILES string of the molecule is CN(C)CC=C(F)C(=O)Nc1cc2c(Nc3ccc(F)c(Cl)c3)ncnc2cc1O[C@@H]1CCOC1. The van der Waals surface area contributed by atoms with E-state index in [4.69, 9.17) is 21.1 Å². The van der Waals surface area contributed by atoms with Gasteiger partial charge < -0.3 is 25.0 Å². The van der Waals surface area contributed by atoms with Gasteiger partial charge in [0.05, 0.1) is 29.4 Å². The van der Waals surface area contributed by atoms with Crippen molar-refractivity contribution < 1.29 is 23.0 Å². The molecule has 2 heterocycles. The number of ether oxygens (including phenoxy) is 2. The molecule has 2 N–H and O–H groups in total. The van der Waals surface area contributed by atoms with Gasteiger partial charge in [0.25, 0.3) is 5.91 Å². The van der Waals surface area contributed by atoms with E-state index in [-0.39, 0.29) is 23.4 Å². The molecule has 35 heavy (non-hydrogen) atoms. The Balaban J connectivity index is 1.70. The Kier molecular flexibility index (Phi) is 7.74. The lowest BCUT2D eigenvalue weighted by Gasteiger charge is -2.18. The third kappa shape index (κ3) is 6.21. The fourth-order valence-electron chi connectivity index (χ4n) is 3.41. The molecule has 1 amide bonds. The van der Waals surface area contributed by atoms with Gasteiger partial charge in [0.15, 0.2) is 5.83 Å². The van der Waals surface area contributed by atoms with Crippen molar-refractivity contribution in [2.75, 3.05) is 44.5 Å². The lowest BCUT2D eigenvalue weighted by molar-refractivity contribution is -0.114. The van der Waals surface area contributed by atoms with E-state index in [0.29, 0.717) is 47.8 Å². The van der Waals surface area contributed by atoms with Crippen molar-refractivity contribution in [2.24, 2.45) is 0 Å². The van der Waals surface area contributed by atoms with E-state index in [0.717, 1.165) is 0 Å². The highest BCUT2D eigenvalue weighted by Crippen LogP contribution is 2.35. The van der Waals surface area contributed by atoms with E-state index in [2.05, 4.69) is 20.6 Å². The maximum absolute atomic E-state index is 14.4. The summed E-state index contributed by atoms with van der Waals surface area (Å²) in [5.41, 5.74) is 1.27. The molecule has 0 bridgehead atoms. The molecule has 4 rings (SSSR count). The van der Waals surface area contributed by atoms with Gasteiger partial charge >= 0.3 is 0 Å². The molecule has 1 saturated heterocycles. The minimum Gasteiger partial charge on any atom is -0.486 e. The lowest BCUT2D eigenvalue weighted by Crippen LogP contribution is -2.19. The van der Waals surface area contributed by atoms with Crippen molar-refractivity contribution in [2.45, 2.75) is 12.5 Å². The average molecular weight is 504 g/mol. The molecule has 8 nitrogen and oxygen atoms in total. The number of halogens is 3. The van der Waals surface area contributed by atoms with Gasteiger partial charge in [-0.25, -0.2) is 18.7 Å². The number of anilines is 3. The third-order valence-electron chi connectivity index (χ3n) is 5.20. The van der Waals surface area contributed by atoms with Crippen molar-refractivity contribution in [1.29, 1.82) is 0 Å². The number of hydrogen-bond donors (Lipinski definition) is 2.